The summed E-state index contributed by atoms with van der Waals surface area (Å²) in [5.74, 6) is -1.18. The summed E-state index contributed by atoms with van der Waals surface area (Å²) in [7, 11) is 4.46. The van der Waals surface area contributed by atoms with Crippen molar-refractivity contribution in [1.29, 1.82) is 0 Å². The number of carbonyl (C=O) groups excluding carboxylic acids is 2. The third-order valence-corrected chi connectivity index (χ3v) is 10.6. The van der Waals surface area contributed by atoms with Crippen LogP contribution in [-0.4, -0.2) is 67.2 Å². The van der Waals surface area contributed by atoms with Gasteiger partial charge in [0.05, 0.1) is 31.2 Å². The zero-order chi connectivity index (χ0) is 27.1. The monoisotopic (exact) mass is 533 g/mol. The normalized spacial score (nSPS) is 18.7. The molecule has 0 aromatic heterocycles. The molecule has 0 fully saturated rings. The minimum atomic E-state index is -2.92. The van der Waals surface area contributed by atoms with Crippen LogP contribution in [0, 0.1) is 0 Å². The van der Waals surface area contributed by atoms with Crippen LogP contribution in [0.1, 0.15) is 17.5 Å². The maximum absolute atomic E-state index is 13.7. The molecule has 1 unspecified atom stereocenters. The Bertz CT molecular complexity index is 1320. The van der Waals surface area contributed by atoms with E-state index in [9.17, 15) is 9.59 Å². The van der Waals surface area contributed by atoms with E-state index in [1.807, 2.05) is 59.5 Å². The second kappa shape index (κ2) is 9.99. The van der Waals surface area contributed by atoms with E-state index in [1.54, 1.807) is 21.3 Å². The molecule has 2 aromatic carbocycles. The van der Waals surface area contributed by atoms with Crippen LogP contribution in [0.4, 0.5) is 0 Å². The fourth-order valence-corrected chi connectivity index (χ4v) is 7.92. The molecule has 0 amide bonds. The molecule has 198 valence electrons. The van der Waals surface area contributed by atoms with Crippen LogP contribution in [0.25, 0.3) is 11.1 Å². The highest BCUT2D eigenvalue weighted by molar-refractivity contribution is 6.60. The van der Waals surface area contributed by atoms with Gasteiger partial charge >= 0.3 is 20.7 Å². The molecule has 1 aliphatic carbocycles. The predicted octanol–water partition coefficient (Wildman–Crippen LogP) is 3.96. The molecule has 38 heavy (non-hydrogen) atoms. The smallest absolute Gasteiger partial charge is 0.466 e. The summed E-state index contributed by atoms with van der Waals surface area (Å²) < 4.78 is 27.6. The Morgan fingerprint density at radius 2 is 1.39 bits per heavy atom. The Morgan fingerprint density at radius 3 is 1.92 bits per heavy atom. The maximum atomic E-state index is 13.7. The summed E-state index contributed by atoms with van der Waals surface area (Å²) in [6.45, 7) is 0. The molecule has 0 saturated carbocycles. The van der Waals surface area contributed by atoms with E-state index in [0.717, 1.165) is 28.0 Å². The standard InChI is InChI=1S/C29H31NO7Si/c1-33-27(31)25-26(28(32)34-2)30-19(17-18-38(35-3,36-4)37-5)11-10-16-24(30)29(25)22-14-8-6-12-20(22)21-13-7-9-15-23(21)29/h6-16,24H,17-18H2,1-5H3. The molecule has 9 heteroatoms. The molecule has 3 aliphatic rings. The Hall–Kier alpha value is -3.50. The van der Waals surface area contributed by atoms with Crippen LogP contribution >= 0.6 is 0 Å². The first kappa shape index (κ1) is 26.1. The fraction of sp³-hybridized carbons (Fsp3) is 0.310. The van der Waals surface area contributed by atoms with Crippen LogP contribution in [0.2, 0.25) is 6.04 Å². The van der Waals surface area contributed by atoms with Gasteiger partial charge in [0.2, 0.25) is 0 Å². The topological polar surface area (TPSA) is 83.5 Å². The first-order valence-corrected chi connectivity index (χ1v) is 14.3. The Labute approximate surface area is 223 Å². The Morgan fingerprint density at radius 1 is 0.842 bits per heavy atom. The van der Waals surface area contributed by atoms with Gasteiger partial charge in [-0.1, -0.05) is 60.7 Å². The molecule has 0 radical (unpaired) electrons. The van der Waals surface area contributed by atoms with Crippen molar-refractivity contribution in [2.45, 2.75) is 23.9 Å². The number of hydrogen-bond donors (Lipinski definition) is 0. The number of benzene rings is 2. The Balaban J connectivity index is 1.77. The lowest BCUT2D eigenvalue weighted by Gasteiger charge is -2.40. The number of methoxy groups -OCH3 is 2. The number of ether oxygens (including phenoxy) is 2. The van der Waals surface area contributed by atoms with E-state index >= 15 is 0 Å². The molecule has 8 nitrogen and oxygen atoms in total. The van der Waals surface area contributed by atoms with E-state index < -0.39 is 32.2 Å². The van der Waals surface area contributed by atoms with E-state index in [4.69, 9.17) is 22.8 Å². The molecular formula is C29H31NO7Si. The molecule has 1 spiro atoms. The van der Waals surface area contributed by atoms with Crippen molar-refractivity contribution in [2.75, 3.05) is 35.5 Å². The predicted molar refractivity (Wildman–Crippen MR) is 143 cm³/mol. The minimum Gasteiger partial charge on any atom is -0.466 e. The fourth-order valence-electron chi connectivity index (χ4n) is 6.25. The van der Waals surface area contributed by atoms with Crippen molar-refractivity contribution in [2.24, 2.45) is 0 Å². The molecule has 0 bridgehead atoms. The maximum Gasteiger partial charge on any atom is 0.500 e. The van der Waals surface area contributed by atoms with Crippen LogP contribution in [0.5, 0.6) is 0 Å². The second-order valence-electron chi connectivity index (χ2n) is 9.26. The van der Waals surface area contributed by atoms with Crippen molar-refractivity contribution in [3.63, 3.8) is 0 Å². The lowest BCUT2D eigenvalue weighted by molar-refractivity contribution is -0.140. The van der Waals surface area contributed by atoms with Gasteiger partial charge in [-0.15, -0.1) is 0 Å². The average molecular weight is 534 g/mol. The Kier molecular flexibility index (Phi) is 6.87. The highest BCUT2D eigenvalue weighted by Crippen LogP contribution is 2.61. The molecule has 2 heterocycles. The van der Waals surface area contributed by atoms with Crippen LogP contribution in [0.15, 0.2) is 83.7 Å². The summed E-state index contributed by atoms with van der Waals surface area (Å²) in [5.41, 5.74) is 4.19. The summed E-state index contributed by atoms with van der Waals surface area (Å²) in [5, 5.41) is 0. The molecule has 0 saturated heterocycles. The third kappa shape index (κ3) is 3.54. The second-order valence-corrected chi connectivity index (χ2v) is 12.3. The lowest BCUT2D eigenvalue weighted by Crippen LogP contribution is -2.46. The first-order chi connectivity index (χ1) is 18.4. The highest BCUT2D eigenvalue weighted by atomic mass is 28.4. The summed E-state index contributed by atoms with van der Waals surface area (Å²) in [6, 6.07) is 16.1. The van der Waals surface area contributed by atoms with E-state index in [2.05, 4.69) is 12.1 Å². The van der Waals surface area contributed by atoms with Crippen LogP contribution in [0.3, 0.4) is 0 Å². The summed E-state index contributed by atoms with van der Waals surface area (Å²) in [4.78, 5) is 29.2. The van der Waals surface area contributed by atoms with Crippen molar-refractivity contribution in [3.8, 4) is 11.1 Å². The first-order valence-electron chi connectivity index (χ1n) is 12.4. The molecule has 2 aromatic rings. The number of rotatable bonds is 8. The van der Waals surface area contributed by atoms with Gasteiger partial charge in [-0.25, -0.2) is 9.59 Å². The van der Waals surface area contributed by atoms with E-state index in [1.165, 1.54) is 14.2 Å². The van der Waals surface area contributed by atoms with Crippen molar-refractivity contribution in [3.05, 3.63) is 94.9 Å². The minimum absolute atomic E-state index is 0.172. The number of esters is 2. The molecular weight excluding hydrogens is 502 g/mol. The van der Waals surface area contributed by atoms with Crippen LogP contribution in [-0.2, 0) is 37.8 Å². The van der Waals surface area contributed by atoms with Gasteiger partial charge in [0.15, 0.2) is 0 Å². The molecule has 0 N–H and O–H groups in total. The SMILES string of the molecule is COC(=O)C1=C(C(=O)OC)C2(c3ccccc3-c3ccccc32)C2C=CC=C(CC[Si](OC)(OC)OC)N12. The van der Waals surface area contributed by atoms with Gasteiger partial charge in [-0.05, 0) is 34.8 Å². The lowest BCUT2D eigenvalue weighted by atomic mass is 9.67. The number of hydrogen-bond acceptors (Lipinski definition) is 8. The number of fused-ring (bicyclic) bond motifs is 7. The van der Waals surface area contributed by atoms with E-state index in [0.29, 0.717) is 12.5 Å². The highest BCUT2D eigenvalue weighted by Gasteiger charge is 2.62. The molecule has 2 aliphatic heterocycles. The quantitative estimate of drug-likeness (QED) is 0.373. The average Bonchev–Trinajstić information content (AvgIpc) is 3.45. The van der Waals surface area contributed by atoms with Crippen LogP contribution < -0.4 is 0 Å². The number of allylic oxidation sites excluding steroid dienone is 3. The molecule has 5 rings (SSSR count). The number of carbonyl (C=O) groups is 2. The zero-order valence-electron chi connectivity index (χ0n) is 22.1. The van der Waals surface area contributed by atoms with Crippen molar-refractivity contribution in [1.82, 2.24) is 4.90 Å². The van der Waals surface area contributed by atoms with Gasteiger partial charge in [0.1, 0.15) is 5.70 Å². The third-order valence-electron chi connectivity index (χ3n) is 7.87. The van der Waals surface area contributed by atoms with Crippen molar-refractivity contribution >= 4 is 20.7 Å². The summed E-state index contributed by atoms with van der Waals surface area (Å²) in [6.07, 6.45) is 6.44. The van der Waals surface area contributed by atoms with Crippen molar-refractivity contribution < 1.29 is 32.3 Å². The van der Waals surface area contributed by atoms with Gasteiger partial charge in [0, 0.05) is 33.1 Å². The van der Waals surface area contributed by atoms with Gasteiger partial charge in [-0.3, -0.25) is 0 Å². The van der Waals surface area contributed by atoms with Gasteiger partial charge < -0.3 is 27.7 Å². The molecule has 1 atom stereocenters. The number of nitrogens with zero attached hydrogens (tertiary/aromatic N) is 1. The van der Waals surface area contributed by atoms with E-state index in [-0.39, 0.29) is 11.3 Å². The summed E-state index contributed by atoms with van der Waals surface area (Å²) >= 11 is 0. The van der Waals surface area contributed by atoms with Gasteiger partial charge in [0.25, 0.3) is 0 Å². The van der Waals surface area contributed by atoms with Gasteiger partial charge in [-0.2, -0.15) is 0 Å². The largest absolute Gasteiger partial charge is 0.500 e. The zero-order valence-corrected chi connectivity index (χ0v) is 23.1.